The van der Waals surface area contributed by atoms with Crippen molar-refractivity contribution in [3.8, 4) is 0 Å². The Balaban J connectivity index is 1.64. The minimum absolute atomic E-state index is 0.217. The molecule has 0 fully saturated rings. The van der Waals surface area contributed by atoms with E-state index in [9.17, 15) is 0 Å². The maximum Gasteiger partial charge on any atom is 0.169 e. The lowest BCUT2D eigenvalue weighted by atomic mass is 10.0. The quantitative estimate of drug-likeness (QED) is 0.406. The highest BCUT2D eigenvalue weighted by Gasteiger charge is 2.18. The van der Waals surface area contributed by atoms with Gasteiger partial charge in [-0.05, 0) is 16.7 Å². The van der Waals surface area contributed by atoms with Gasteiger partial charge in [0.2, 0.25) is 0 Å². The minimum atomic E-state index is 0.217. The molecule has 26 heavy (non-hydrogen) atoms. The molecule has 0 radical (unpaired) electrons. The summed E-state index contributed by atoms with van der Waals surface area (Å²) in [6.45, 7) is 0.833. The van der Waals surface area contributed by atoms with Crippen molar-refractivity contribution in [3.05, 3.63) is 120 Å². The van der Waals surface area contributed by atoms with Gasteiger partial charge in [-0.15, -0.1) is 0 Å². The lowest BCUT2D eigenvalue weighted by molar-refractivity contribution is 0.707. The molecular weight excluding hydrogens is 336 g/mol. The summed E-state index contributed by atoms with van der Waals surface area (Å²) in [6, 6.07) is 31.8. The largest absolute Gasteiger partial charge is 0.322 e. The van der Waals surface area contributed by atoms with Gasteiger partial charge in [0.1, 0.15) is 0 Å². The Morgan fingerprint density at radius 1 is 0.731 bits per heavy atom. The lowest BCUT2D eigenvalue weighted by Crippen LogP contribution is -2.03. The maximum atomic E-state index is 4.63. The number of hydrogen-bond donors (Lipinski definition) is 0. The molecule has 1 aromatic heterocycles. The van der Waals surface area contributed by atoms with Gasteiger partial charge in [-0.1, -0.05) is 103 Å². The molecule has 0 unspecified atom stereocenters. The Bertz CT molecular complexity index is 894. The second kappa shape index (κ2) is 8.07. The van der Waals surface area contributed by atoms with Crippen molar-refractivity contribution in [1.82, 2.24) is 9.55 Å². The topological polar surface area (TPSA) is 17.8 Å². The van der Waals surface area contributed by atoms with E-state index in [1.165, 1.54) is 16.7 Å². The smallest absolute Gasteiger partial charge is 0.169 e. The highest BCUT2D eigenvalue weighted by atomic mass is 32.2. The van der Waals surface area contributed by atoms with Gasteiger partial charge in [0.05, 0.1) is 5.25 Å². The molecule has 3 heteroatoms. The summed E-state index contributed by atoms with van der Waals surface area (Å²) in [7, 11) is 0. The zero-order valence-corrected chi connectivity index (χ0v) is 15.2. The Hall–Kier alpha value is -2.78. The van der Waals surface area contributed by atoms with E-state index in [4.69, 9.17) is 0 Å². The summed E-state index contributed by atoms with van der Waals surface area (Å²) in [5.41, 5.74) is 3.86. The van der Waals surface area contributed by atoms with E-state index in [1.807, 2.05) is 12.3 Å². The molecule has 0 aliphatic rings. The molecule has 0 aliphatic heterocycles. The third-order valence-corrected chi connectivity index (χ3v) is 5.63. The summed E-state index contributed by atoms with van der Waals surface area (Å²) in [6.07, 6.45) is 3.95. The predicted molar refractivity (Wildman–Crippen MR) is 108 cm³/mol. The molecule has 0 N–H and O–H groups in total. The Labute approximate surface area is 158 Å². The molecule has 4 rings (SSSR count). The molecule has 4 aromatic rings. The molecule has 128 valence electrons. The number of nitrogens with zero attached hydrogens (tertiary/aromatic N) is 2. The van der Waals surface area contributed by atoms with Crippen molar-refractivity contribution in [3.63, 3.8) is 0 Å². The molecular formula is C23H20N2S. The molecule has 0 spiro atoms. The number of rotatable bonds is 6. The van der Waals surface area contributed by atoms with Crippen molar-refractivity contribution in [2.24, 2.45) is 0 Å². The molecule has 0 bridgehead atoms. The first-order valence-corrected chi connectivity index (χ1v) is 9.60. The SMILES string of the molecule is c1ccc(Cn2ccnc2SC(c2ccccc2)c2ccccc2)cc1. The summed E-state index contributed by atoms with van der Waals surface area (Å²) >= 11 is 1.80. The van der Waals surface area contributed by atoms with Crippen LogP contribution in [0.25, 0.3) is 0 Å². The molecule has 0 saturated heterocycles. The van der Waals surface area contributed by atoms with Crippen LogP contribution in [0.15, 0.2) is 109 Å². The van der Waals surface area contributed by atoms with Crippen LogP contribution in [-0.4, -0.2) is 9.55 Å². The van der Waals surface area contributed by atoms with Gasteiger partial charge in [0.15, 0.2) is 5.16 Å². The van der Waals surface area contributed by atoms with Gasteiger partial charge in [0.25, 0.3) is 0 Å². The Kier molecular flexibility index (Phi) is 5.17. The van der Waals surface area contributed by atoms with Crippen molar-refractivity contribution in [1.29, 1.82) is 0 Å². The number of imidazole rings is 1. The fourth-order valence-electron chi connectivity index (χ4n) is 3.00. The van der Waals surface area contributed by atoms with Crippen molar-refractivity contribution >= 4 is 11.8 Å². The Morgan fingerprint density at radius 3 is 1.85 bits per heavy atom. The second-order valence-electron chi connectivity index (χ2n) is 6.14. The van der Waals surface area contributed by atoms with E-state index >= 15 is 0 Å². The van der Waals surface area contributed by atoms with E-state index in [0.29, 0.717) is 0 Å². The zero-order valence-electron chi connectivity index (χ0n) is 14.4. The summed E-state index contributed by atoms with van der Waals surface area (Å²) in [5.74, 6) is 0. The number of thioether (sulfide) groups is 1. The van der Waals surface area contributed by atoms with Crippen molar-refractivity contribution in [2.45, 2.75) is 17.0 Å². The maximum absolute atomic E-state index is 4.63. The standard InChI is InChI=1S/C23H20N2S/c1-4-10-19(11-5-1)18-25-17-16-24-23(25)26-22(20-12-6-2-7-13-20)21-14-8-3-9-15-21/h1-17,22H,18H2. The monoisotopic (exact) mass is 356 g/mol. The summed E-state index contributed by atoms with van der Waals surface area (Å²) in [5, 5.41) is 1.25. The van der Waals surface area contributed by atoms with E-state index in [0.717, 1.165) is 11.7 Å². The van der Waals surface area contributed by atoms with Gasteiger partial charge in [-0.2, -0.15) is 0 Å². The molecule has 0 amide bonds. The first-order valence-electron chi connectivity index (χ1n) is 8.72. The third kappa shape index (κ3) is 3.89. The van der Waals surface area contributed by atoms with Crippen LogP contribution in [0.4, 0.5) is 0 Å². The zero-order chi connectivity index (χ0) is 17.6. The van der Waals surface area contributed by atoms with Crippen LogP contribution in [0.2, 0.25) is 0 Å². The van der Waals surface area contributed by atoms with Gasteiger partial charge in [-0.25, -0.2) is 4.98 Å². The van der Waals surface area contributed by atoms with E-state index in [-0.39, 0.29) is 5.25 Å². The van der Waals surface area contributed by atoms with Gasteiger partial charge in [0, 0.05) is 18.9 Å². The average Bonchev–Trinajstić information content (AvgIpc) is 3.15. The normalized spacial score (nSPS) is 11.0. The average molecular weight is 356 g/mol. The van der Waals surface area contributed by atoms with Gasteiger partial charge >= 0.3 is 0 Å². The van der Waals surface area contributed by atoms with Crippen molar-refractivity contribution < 1.29 is 0 Å². The van der Waals surface area contributed by atoms with Crippen LogP contribution >= 0.6 is 11.8 Å². The molecule has 0 saturated carbocycles. The lowest BCUT2D eigenvalue weighted by Gasteiger charge is -2.18. The number of hydrogen-bond acceptors (Lipinski definition) is 2. The second-order valence-corrected chi connectivity index (χ2v) is 7.21. The number of benzene rings is 3. The van der Waals surface area contributed by atoms with Crippen LogP contribution in [0.3, 0.4) is 0 Å². The summed E-state index contributed by atoms with van der Waals surface area (Å²) < 4.78 is 2.22. The van der Waals surface area contributed by atoms with Crippen molar-refractivity contribution in [2.75, 3.05) is 0 Å². The molecule has 1 heterocycles. The van der Waals surface area contributed by atoms with Crippen LogP contribution in [-0.2, 0) is 6.54 Å². The fraction of sp³-hybridized carbons (Fsp3) is 0.0870. The van der Waals surface area contributed by atoms with Gasteiger partial charge < -0.3 is 4.57 Å². The highest BCUT2D eigenvalue weighted by Crippen LogP contribution is 2.39. The molecule has 0 aliphatic carbocycles. The van der Waals surface area contributed by atoms with E-state index in [1.54, 1.807) is 11.8 Å². The Morgan fingerprint density at radius 2 is 1.27 bits per heavy atom. The molecule has 2 nitrogen and oxygen atoms in total. The third-order valence-electron chi connectivity index (χ3n) is 4.30. The predicted octanol–water partition coefficient (Wildman–Crippen LogP) is 5.81. The van der Waals surface area contributed by atoms with Crippen LogP contribution < -0.4 is 0 Å². The minimum Gasteiger partial charge on any atom is -0.322 e. The first kappa shape index (κ1) is 16.7. The molecule has 0 atom stereocenters. The van der Waals surface area contributed by atoms with Crippen LogP contribution in [0, 0.1) is 0 Å². The first-order chi connectivity index (χ1) is 12.9. The number of aromatic nitrogens is 2. The molecule has 3 aromatic carbocycles. The van der Waals surface area contributed by atoms with E-state index in [2.05, 4.69) is 101 Å². The van der Waals surface area contributed by atoms with Crippen LogP contribution in [0.1, 0.15) is 21.9 Å². The van der Waals surface area contributed by atoms with Gasteiger partial charge in [-0.3, -0.25) is 0 Å². The van der Waals surface area contributed by atoms with Crippen LogP contribution in [0.5, 0.6) is 0 Å². The van der Waals surface area contributed by atoms with E-state index < -0.39 is 0 Å². The highest BCUT2D eigenvalue weighted by molar-refractivity contribution is 7.99. The fourth-order valence-corrected chi connectivity index (χ4v) is 4.18. The summed E-state index contributed by atoms with van der Waals surface area (Å²) in [4.78, 5) is 4.63.